The average Bonchev–Trinajstić information content (AvgIpc) is 3.18. The predicted molar refractivity (Wildman–Crippen MR) is 198 cm³/mol. The van der Waals surface area contributed by atoms with Crippen LogP contribution in [-0.2, 0) is 13.1 Å². The van der Waals surface area contributed by atoms with Gasteiger partial charge in [0, 0.05) is 81.7 Å². The van der Waals surface area contributed by atoms with Crippen LogP contribution in [-0.4, -0.2) is 104 Å². The van der Waals surface area contributed by atoms with Crippen molar-refractivity contribution < 1.29 is 23.0 Å². The molecule has 5 aromatic rings. The maximum Gasteiger partial charge on any atom is 0.270 e. The van der Waals surface area contributed by atoms with E-state index in [9.17, 15) is 23.2 Å². The van der Waals surface area contributed by atoms with Gasteiger partial charge < -0.3 is 39.5 Å². The summed E-state index contributed by atoms with van der Waals surface area (Å²) >= 11 is 0. The SMILES string of the molecule is NC1CCN(CCn2c(=O)ccc3ncc(F)cc32)CC1.O=C(NC1CCN(CCn2c(=O)ccc3ncc(F)cc32)CC1)c1cc2c(cn1)OCCO2. The molecular formula is C38H43F2N9O5. The first-order chi connectivity index (χ1) is 26.2. The molecule has 8 heterocycles. The first kappa shape index (κ1) is 37.0. The molecule has 0 spiro atoms. The molecule has 54 heavy (non-hydrogen) atoms. The molecule has 2 saturated heterocycles. The number of halogens is 2. The minimum atomic E-state index is -0.467. The maximum absolute atomic E-state index is 13.7. The van der Waals surface area contributed by atoms with Gasteiger partial charge in [-0.1, -0.05) is 0 Å². The van der Waals surface area contributed by atoms with Crippen molar-refractivity contribution in [3.8, 4) is 11.5 Å². The molecule has 0 radical (unpaired) electrons. The molecule has 3 aliphatic heterocycles. The van der Waals surface area contributed by atoms with Crippen molar-refractivity contribution in [3.63, 3.8) is 0 Å². The minimum absolute atomic E-state index is 0.0438. The second-order valence-electron chi connectivity index (χ2n) is 13.7. The monoisotopic (exact) mass is 743 g/mol. The van der Waals surface area contributed by atoms with Gasteiger partial charge in [-0.3, -0.25) is 24.4 Å². The van der Waals surface area contributed by atoms with Crippen LogP contribution in [0.25, 0.3) is 22.1 Å². The lowest BCUT2D eigenvalue weighted by molar-refractivity contribution is 0.0903. The summed E-state index contributed by atoms with van der Waals surface area (Å²) in [5.74, 6) is -0.0381. The van der Waals surface area contributed by atoms with Gasteiger partial charge >= 0.3 is 0 Å². The molecule has 0 aromatic carbocycles. The highest BCUT2D eigenvalue weighted by atomic mass is 19.1. The molecular weight excluding hydrogens is 700 g/mol. The van der Waals surface area contributed by atoms with E-state index in [0.717, 1.165) is 64.6 Å². The van der Waals surface area contributed by atoms with Crippen LogP contribution in [0.4, 0.5) is 8.78 Å². The molecule has 16 heteroatoms. The Kier molecular flexibility index (Phi) is 11.5. The maximum atomic E-state index is 13.7. The van der Waals surface area contributed by atoms with Gasteiger partial charge in [0.2, 0.25) is 0 Å². The standard InChI is InChI=1S/C23H24FN5O4.C15H19FN4O/c24-15-11-19-17(25-13-15)1-2-22(30)29(19)8-7-28-5-3-16(4-6-28)27-23(31)18-12-20-21(14-26-18)33-10-9-32-20;16-11-9-14-13(18-10-11)1-2-15(21)20(14)8-7-19-5-3-12(17)4-6-19/h1-2,11-14,16H,3-10H2,(H,27,31);1-2,9-10,12H,3-8,17H2. The molecule has 14 nitrogen and oxygen atoms in total. The molecule has 1 amide bonds. The summed E-state index contributed by atoms with van der Waals surface area (Å²) in [6, 6.07) is 10.8. The molecule has 3 N–H and O–H groups in total. The van der Waals surface area contributed by atoms with E-state index in [2.05, 4.69) is 30.1 Å². The molecule has 0 unspecified atom stereocenters. The third-order valence-corrected chi connectivity index (χ3v) is 10.1. The number of hydrogen-bond donors (Lipinski definition) is 2. The summed E-state index contributed by atoms with van der Waals surface area (Å²) in [5, 5.41) is 3.05. The molecule has 5 aromatic heterocycles. The molecule has 0 saturated carbocycles. The number of amides is 1. The number of carbonyl (C=O) groups excluding carboxylic acids is 1. The quantitative estimate of drug-likeness (QED) is 0.240. The van der Waals surface area contributed by atoms with Crippen molar-refractivity contribution >= 4 is 28.0 Å². The lowest BCUT2D eigenvalue weighted by Gasteiger charge is -2.32. The van der Waals surface area contributed by atoms with Crippen LogP contribution < -0.4 is 31.6 Å². The summed E-state index contributed by atoms with van der Waals surface area (Å²) in [6.45, 7) is 6.80. The number of piperidine rings is 2. The molecule has 8 rings (SSSR count). The van der Waals surface area contributed by atoms with Gasteiger partial charge in [-0.25, -0.2) is 13.8 Å². The van der Waals surface area contributed by atoms with E-state index in [0.29, 0.717) is 78.1 Å². The van der Waals surface area contributed by atoms with E-state index in [1.165, 1.54) is 36.7 Å². The fraction of sp³-hybridized carbons (Fsp3) is 0.421. The summed E-state index contributed by atoms with van der Waals surface area (Å²) < 4.78 is 41.2. The molecule has 0 atom stereocenters. The van der Waals surface area contributed by atoms with Gasteiger partial charge in [-0.2, -0.15) is 0 Å². The number of carbonyl (C=O) groups is 1. The van der Waals surface area contributed by atoms with Crippen molar-refractivity contribution in [1.29, 1.82) is 0 Å². The number of likely N-dealkylation sites (tertiary alicyclic amines) is 2. The van der Waals surface area contributed by atoms with E-state index >= 15 is 0 Å². The lowest BCUT2D eigenvalue weighted by Crippen LogP contribution is -2.45. The van der Waals surface area contributed by atoms with Crippen molar-refractivity contribution in [3.05, 3.63) is 99.1 Å². The van der Waals surface area contributed by atoms with Crippen LogP contribution in [0.5, 0.6) is 11.5 Å². The zero-order valence-corrected chi connectivity index (χ0v) is 29.8. The molecule has 3 aliphatic rings. The second-order valence-corrected chi connectivity index (χ2v) is 13.7. The zero-order chi connectivity index (χ0) is 37.6. The largest absolute Gasteiger partial charge is 0.486 e. The van der Waals surface area contributed by atoms with Crippen LogP contribution in [0.1, 0.15) is 36.2 Å². The van der Waals surface area contributed by atoms with Gasteiger partial charge in [0.1, 0.15) is 30.5 Å². The van der Waals surface area contributed by atoms with Crippen LogP contribution >= 0.6 is 0 Å². The van der Waals surface area contributed by atoms with Crippen LogP contribution in [0.3, 0.4) is 0 Å². The van der Waals surface area contributed by atoms with Crippen molar-refractivity contribution in [1.82, 2.24) is 39.2 Å². The Labute approximate surface area is 309 Å². The zero-order valence-electron chi connectivity index (χ0n) is 29.8. The Morgan fingerprint density at radius 1 is 0.704 bits per heavy atom. The first-order valence-corrected chi connectivity index (χ1v) is 18.3. The van der Waals surface area contributed by atoms with E-state index in [1.54, 1.807) is 27.3 Å². The third-order valence-electron chi connectivity index (χ3n) is 10.1. The normalized spacial score (nSPS) is 16.9. The van der Waals surface area contributed by atoms with Gasteiger partial charge in [0.25, 0.3) is 17.0 Å². The average molecular weight is 744 g/mol. The van der Waals surface area contributed by atoms with Crippen molar-refractivity contribution in [2.24, 2.45) is 5.73 Å². The Morgan fingerprint density at radius 2 is 1.22 bits per heavy atom. The smallest absolute Gasteiger partial charge is 0.270 e. The van der Waals surface area contributed by atoms with Crippen LogP contribution in [0.15, 0.2) is 70.6 Å². The number of rotatable bonds is 8. The number of nitrogens with zero attached hydrogens (tertiary/aromatic N) is 7. The fourth-order valence-corrected chi connectivity index (χ4v) is 7.04. The third kappa shape index (κ3) is 8.89. The highest BCUT2D eigenvalue weighted by molar-refractivity contribution is 5.93. The highest BCUT2D eigenvalue weighted by Gasteiger charge is 2.23. The molecule has 2 fully saturated rings. The number of aromatic nitrogens is 5. The summed E-state index contributed by atoms with van der Waals surface area (Å²) in [7, 11) is 0. The summed E-state index contributed by atoms with van der Waals surface area (Å²) in [6.07, 6.45) is 7.39. The number of nitrogens with two attached hydrogens (primary N) is 1. The predicted octanol–water partition coefficient (Wildman–Crippen LogP) is 2.55. The summed E-state index contributed by atoms with van der Waals surface area (Å²) in [5.41, 5.74) is 8.17. The van der Waals surface area contributed by atoms with Crippen LogP contribution in [0, 0.1) is 11.6 Å². The highest BCUT2D eigenvalue weighted by Crippen LogP contribution is 2.29. The Morgan fingerprint density at radius 3 is 1.78 bits per heavy atom. The van der Waals surface area contributed by atoms with Gasteiger partial charge in [-0.05, 0) is 50.9 Å². The number of pyridine rings is 5. The second kappa shape index (κ2) is 16.8. The van der Waals surface area contributed by atoms with E-state index in [1.807, 2.05) is 0 Å². The Bertz CT molecular complexity index is 2230. The topological polar surface area (TPSA) is 163 Å². The van der Waals surface area contributed by atoms with Gasteiger partial charge in [-0.15, -0.1) is 0 Å². The van der Waals surface area contributed by atoms with E-state index in [-0.39, 0.29) is 23.1 Å². The minimum Gasteiger partial charge on any atom is -0.486 e. The lowest BCUT2D eigenvalue weighted by atomic mass is 10.0. The number of ether oxygens (including phenoxy) is 2. The van der Waals surface area contributed by atoms with E-state index < -0.39 is 11.6 Å². The number of nitrogens with one attached hydrogen (secondary N) is 1. The Hall–Kier alpha value is -5.32. The molecule has 0 aliphatic carbocycles. The summed E-state index contributed by atoms with van der Waals surface area (Å²) in [4.78, 5) is 53.8. The van der Waals surface area contributed by atoms with Crippen LogP contribution in [0.2, 0.25) is 0 Å². The molecule has 284 valence electrons. The van der Waals surface area contributed by atoms with Gasteiger partial charge in [0.05, 0.1) is 40.7 Å². The van der Waals surface area contributed by atoms with Crippen molar-refractivity contribution in [2.45, 2.75) is 50.9 Å². The molecule has 0 bridgehead atoms. The van der Waals surface area contributed by atoms with E-state index in [4.69, 9.17) is 15.2 Å². The van der Waals surface area contributed by atoms with Gasteiger partial charge in [0.15, 0.2) is 11.5 Å². The number of hydrogen-bond acceptors (Lipinski definition) is 11. The van der Waals surface area contributed by atoms with Crippen molar-refractivity contribution in [2.75, 3.05) is 52.5 Å². The number of fused-ring (bicyclic) bond motifs is 3. The fourth-order valence-electron chi connectivity index (χ4n) is 7.04. The Balaban J connectivity index is 0.000000184. The first-order valence-electron chi connectivity index (χ1n) is 18.3.